The molecule has 1 aromatic carbocycles. The van der Waals surface area contributed by atoms with Gasteiger partial charge in [-0.15, -0.1) is 0 Å². The largest absolute Gasteiger partial charge is 0.493 e. The molecule has 1 aliphatic heterocycles. The number of hydrogen-bond acceptors (Lipinski definition) is 4. The van der Waals surface area contributed by atoms with E-state index in [0.717, 1.165) is 29.0 Å². The van der Waals surface area contributed by atoms with Crippen molar-refractivity contribution in [2.24, 2.45) is 0 Å². The molecule has 21 heavy (non-hydrogen) atoms. The lowest BCUT2D eigenvalue weighted by Crippen LogP contribution is -2.26. The summed E-state index contributed by atoms with van der Waals surface area (Å²) in [5.41, 5.74) is 2.86. The molecule has 0 amide bonds. The van der Waals surface area contributed by atoms with Gasteiger partial charge >= 0.3 is 0 Å². The molecule has 3 rings (SSSR count). The van der Waals surface area contributed by atoms with Crippen LogP contribution in [0.3, 0.4) is 0 Å². The minimum Gasteiger partial charge on any atom is -0.493 e. The van der Waals surface area contributed by atoms with E-state index in [0.29, 0.717) is 19.7 Å². The number of benzene rings is 1. The van der Waals surface area contributed by atoms with Crippen molar-refractivity contribution < 1.29 is 9.53 Å². The highest BCUT2D eigenvalue weighted by molar-refractivity contribution is 5.98. The summed E-state index contributed by atoms with van der Waals surface area (Å²) in [6.45, 7) is 1.77. The van der Waals surface area contributed by atoms with Gasteiger partial charge < -0.3 is 4.74 Å². The van der Waals surface area contributed by atoms with Crippen LogP contribution < -0.4 is 4.74 Å². The summed E-state index contributed by atoms with van der Waals surface area (Å²) in [6.07, 6.45) is 2.66. The number of carbonyl (C=O) groups excluding carboxylic acids is 1. The van der Waals surface area contributed by atoms with Crippen LogP contribution in [0.5, 0.6) is 5.75 Å². The van der Waals surface area contributed by atoms with E-state index in [-0.39, 0.29) is 5.78 Å². The lowest BCUT2D eigenvalue weighted by molar-refractivity contribution is 0.0942. The predicted molar refractivity (Wildman–Crippen MR) is 80.5 cm³/mol. The van der Waals surface area contributed by atoms with Gasteiger partial charge in [0.05, 0.1) is 18.8 Å². The zero-order valence-corrected chi connectivity index (χ0v) is 12.1. The van der Waals surface area contributed by atoms with Crippen LogP contribution in [0.15, 0.2) is 42.6 Å². The fraction of sp³-hybridized carbons (Fsp3) is 0.294. The number of hydrogen-bond donors (Lipinski definition) is 0. The average Bonchev–Trinajstić information content (AvgIpc) is 2.95. The number of nitrogens with zero attached hydrogens (tertiary/aromatic N) is 2. The van der Waals surface area contributed by atoms with E-state index in [1.54, 1.807) is 6.20 Å². The van der Waals surface area contributed by atoms with Crippen LogP contribution in [0.2, 0.25) is 0 Å². The van der Waals surface area contributed by atoms with Crippen LogP contribution in [-0.4, -0.2) is 35.9 Å². The highest BCUT2D eigenvalue weighted by Gasteiger charge is 2.16. The normalized spacial score (nSPS) is 13.0. The summed E-state index contributed by atoms with van der Waals surface area (Å²) in [7, 11) is 1.93. The van der Waals surface area contributed by atoms with E-state index in [1.807, 2.05) is 48.3 Å². The van der Waals surface area contributed by atoms with Gasteiger partial charge in [0.15, 0.2) is 5.78 Å². The Morgan fingerprint density at radius 2 is 2.24 bits per heavy atom. The number of ketones is 1. The second-order valence-corrected chi connectivity index (χ2v) is 5.34. The third kappa shape index (κ3) is 3.28. The maximum absolute atomic E-state index is 12.3. The predicted octanol–water partition coefficient (Wildman–Crippen LogP) is 2.33. The third-order valence-electron chi connectivity index (χ3n) is 3.58. The van der Waals surface area contributed by atoms with E-state index in [2.05, 4.69) is 4.98 Å². The molecule has 2 aromatic rings. The Hall–Kier alpha value is -2.20. The Labute approximate surface area is 124 Å². The maximum Gasteiger partial charge on any atom is 0.176 e. The zero-order valence-electron chi connectivity index (χ0n) is 12.1. The number of Topliss-reactive ketones (excluding diaryl/α,β-unsaturated/α-hetero) is 1. The molecule has 0 unspecified atom stereocenters. The van der Waals surface area contributed by atoms with Gasteiger partial charge in [0, 0.05) is 24.7 Å². The summed E-state index contributed by atoms with van der Waals surface area (Å²) in [6, 6.07) is 11.5. The van der Waals surface area contributed by atoms with Gasteiger partial charge in [0.2, 0.25) is 0 Å². The number of rotatable bonds is 5. The van der Waals surface area contributed by atoms with Gasteiger partial charge in [-0.3, -0.25) is 14.7 Å². The second kappa shape index (κ2) is 6.06. The molecule has 0 radical (unpaired) electrons. The number of fused-ring (bicyclic) bond motifs is 1. The highest BCUT2D eigenvalue weighted by atomic mass is 16.5. The quantitative estimate of drug-likeness (QED) is 0.789. The van der Waals surface area contributed by atoms with Crippen molar-refractivity contribution in [3.8, 4) is 5.75 Å². The molecular weight excluding hydrogens is 264 g/mol. The summed E-state index contributed by atoms with van der Waals surface area (Å²) in [4.78, 5) is 18.6. The van der Waals surface area contributed by atoms with Gasteiger partial charge in [-0.25, -0.2) is 0 Å². The van der Waals surface area contributed by atoms with Crippen LogP contribution in [0, 0.1) is 0 Å². The van der Waals surface area contributed by atoms with Crippen LogP contribution in [0.1, 0.15) is 21.6 Å². The first-order valence-electron chi connectivity index (χ1n) is 7.10. The molecule has 0 bridgehead atoms. The summed E-state index contributed by atoms with van der Waals surface area (Å²) in [5, 5.41) is 0. The third-order valence-corrected chi connectivity index (χ3v) is 3.58. The first kappa shape index (κ1) is 13.8. The molecule has 4 nitrogen and oxygen atoms in total. The Balaban J connectivity index is 1.63. The molecule has 0 aliphatic carbocycles. The molecule has 4 heteroatoms. The first-order chi connectivity index (χ1) is 10.2. The lowest BCUT2D eigenvalue weighted by atomic mass is 10.1. The lowest BCUT2D eigenvalue weighted by Gasteiger charge is -2.15. The van der Waals surface area contributed by atoms with E-state index in [1.165, 1.54) is 0 Å². The van der Waals surface area contributed by atoms with Crippen molar-refractivity contribution in [3.05, 3.63) is 59.4 Å². The fourth-order valence-corrected chi connectivity index (χ4v) is 2.52. The van der Waals surface area contributed by atoms with Gasteiger partial charge in [0.25, 0.3) is 0 Å². The van der Waals surface area contributed by atoms with Crippen molar-refractivity contribution in [1.82, 2.24) is 9.88 Å². The van der Waals surface area contributed by atoms with Gasteiger partial charge in [-0.1, -0.05) is 6.07 Å². The van der Waals surface area contributed by atoms with E-state index in [9.17, 15) is 4.79 Å². The first-order valence-corrected chi connectivity index (χ1v) is 7.10. The van der Waals surface area contributed by atoms with E-state index >= 15 is 0 Å². The van der Waals surface area contributed by atoms with Gasteiger partial charge in [-0.2, -0.15) is 0 Å². The van der Waals surface area contributed by atoms with Crippen molar-refractivity contribution >= 4 is 5.78 Å². The van der Waals surface area contributed by atoms with Gasteiger partial charge in [-0.05, 0) is 42.9 Å². The summed E-state index contributed by atoms with van der Waals surface area (Å²) in [5.74, 6) is 1.04. The highest BCUT2D eigenvalue weighted by Crippen LogP contribution is 2.26. The maximum atomic E-state index is 12.3. The standard InChI is InChI=1S/C17H18N2O2/c1-19(11-15-4-2-3-8-18-15)12-16(20)13-5-6-17-14(10-13)7-9-21-17/h2-6,8,10H,7,9,11-12H2,1H3. The van der Waals surface area contributed by atoms with Crippen molar-refractivity contribution in [1.29, 1.82) is 0 Å². The Kier molecular flexibility index (Phi) is 3.97. The molecule has 2 heterocycles. The Morgan fingerprint density at radius 3 is 3.05 bits per heavy atom. The van der Waals surface area contributed by atoms with Crippen LogP contribution in [-0.2, 0) is 13.0 Å². The topological polar surface area (TPSA) is 42.4 Å². The van der Waals surface area contributed by atoms with Crippen LogP contribution in [0.4, 0.5) is 0 Å². The number of aromatic nitrogens is 1. The molecule has 1 aromatic heterocycles. The molecule has 108 valence electrons. The smallest absolute Gasteiger partial charge is 0.176 e. The average molecular weight is 282 g/mol. The van der Waals surface area contributed by atoms with Crippen molar-refractivity contribution in [2.45, 2.75) is 13.0 Å². The SMILES string of the molecule is CN(CC(=O)c1ccc2c(c1)CCO2)Cc1ccccn1. The monoisotopic (exact) mass is 282 g/mol. The molecular formula is C17H18N2O2. The number of carbonyl (C=O) groups is 1. The minimum absolute atomic E-state index is 0.128. The van der Waals surface area contributed by atoms with E-state index < -0.39 is 0 Å². The molecule has 1 aliphatic rings. The summed E-state index contributed by atoms with van der Waals surface area (Å²) < 4.78 is 5.46. The zero-order chi connectivity index (χ0) is 14.7. The molecule has 0 fully saturated rings. The molecule has 0 atom stereocenters. The fourth-order valence-electron chi connectivity index (χ4n) is 2.52. The second-order valence-electron chi connectivity index (χ2n) is 5.34. The minimum atomic E-state index is 0.128. The molecule has 0 saturated heterocycles. The molecule has 0 spiro atoms. The van der Waals surface area contributed by atoms with Crippen LogP contribution >= 0.6 is 0 Å². The Morgan fingerprint density at radius 1 is 1.33 bits per heavy atom. The number of likely N-dealkylation sites (N-methyl/N-ethyl adjacent to an activating group) is 1. The van der Waals surface area contributed by atoms with E-state index in [4.69, 9.17) is 4.74 Å². The Bertz CT molecular complexity index is 640. The van der Waals surface area contributed by atoms with Crippen LogP contribution in [0.25, 0.3) is 0 Å². The number of ether oxygens (including phenoxy) is 1. The van der Waals surface area contributed by atoms with Crippen molar-refractivity contribution in [3.63, 3.8) is 0 Å². The molecule has 0 saturated carbocycles. The van der Waals surface area contributed by atoms with Crippen molar-refractivity contribution in [2.75, 3.05) is 20.2 Å². The van der Waals surface area contributed by atoms with Gasteiger partial charge in [0.1, 0.15) is 5.75 Å². The summed E-state index contributed by atoms with van der Waals surface area (Å²) >= 11 is 0. The molecule has 0 N–H and O–H groups in total. The number of pyridine rings is 1.